The van der Waals surface area contributed by atoms with Gasteiger partial charge in [0.15, 0.2) is 0 Å². The molecule has 0 aliphatic rings. The predicted molar refractivity (Wildman–Crippen MR) is 91.2 cm³/mol. The molecule has 0 aromatic carbocycles. The number of halogens is 1. The zero-order valence-electron chi connectivity index (χ0n) is 12.1. The number of imidazole rings is 1. The van der Waals surface area contributed by atoms with Gasteiger partial charge in [-0.2, -0.15) is 0 Å². The fourth-order valence-corrected chi connectivity index (χ4v) is 2.85. The van der Waals surface area contributed by atoms with E-state index >= 15 is 0 Å². The number of rotatable bonds is 4. The fraction of sp³-hybridized carbons (Fsp3) is 0.643. The van der Waals surface area contributed by atoms with Crippen molar-refractivity contribution in [1.29, 1.82) is 0 Å². The summed E-state index contributed by atoms with van der Waals surface area (Å²) in [5.41, 5.74) is 1.62. The molecule has 18 heavy (non-hydrogen) atoms. The van der Waals surface area contributed by atoms with Crippen LogP contribution >= 0.6 is 34.4 Å². The molecule has 102 valence electrons. The monoisotopic (exact) mass is 378 g/mol. The minimum atomic E-state index is 0.115. The van der Waals surface area contributed by atoms with Crippen molar-refractivity contribution < 1.29 is 0 Å². The summed E-state index contributed by atoms with van der Waals surface area (Å²) in [5, 5.41) is 2.15. The quantitative estimate of drug-likeness (QED) is 0.551. The normalized spacial score (nSPS) is 13.5. The molecule has 1 aromatic heterocycles. The molecule has 0 fully saturated rings. The first kappa shape index (κ1) is 16.1. The molecule has 1 aromatic rings. The Morgan fingerprint density at radius 2 is 1.94 bits per heavy atom. The summed E-state index contributed by atoms with van der Waals surface area (Å²) < 4.78 is 2.28. The van der Waals surface area contributed by atoms with Crippen molar-refractivity contribution in [2.45, 2.75) is 38.0 Å². The van der Waals surface area contributed by atoms with E-state index in [0.29, 0.717) is 5.41 Å². The second-order valence-electron chi connectivity index (χ2n) is 6.21. The Morgan fingerprint density at radius 3 is 2.39 bits per heavy atom. The Morgan fingerprint density at radius 1 is 1.33 bits per heavy atom. The van der Waals surface area contributed by atoms with Crippen LogP contribution in [0.4, 0.5) is 0 Å². The molecule has 0 saturated carbocycles. The molecular weight excluding hydrogens is 355 g/mol. The lowest BCUT2D eigenvalue weighted by Gasteiger charge is -2.17. The summed E-state index contributed by atoms with van der Waals surface area (Å²) in [7, 11) is 2.08. The van der Waals surface area contributed by atoms with E-state index in [0.717, 1.165) is 11.6 Å². The van der Waals surface area contributed by atoms with E-state index in [-0.39, 0.29) is 3.42 Å². The number of aromatic nitrogens is 2. The highest BCUT2D eigenvalue weighted by Gasteiger charge is 2.20. The number of hydrogen-bond acceptors (Lipinski definition) is 2. The van der Waals surface area contributed by atoms with Gasteiger partial charge in [0.1, 0.15) is 5.82 Å². The van der Waals surface area contributed by atoms with Crippen molar-refractivity contribution in [3.63, 3.8) is 0 Å². The van der Waals surface area contributed by atoms with E-state index in [4.69, 9.17) is 0 Å². The van der Waals surface area contributed by atoms with Gasteiger partial charge in [0.2, 0.25) is 0 Å². The highest BCUT2D eigenvalue weighted by Crippen LogP contribution is 2.30. The first-order chi connectivity index (χ1) is 8.11. The number of hydrogen-bond donors (Lipinski definition) is 0. The molecule has 0 unspecified atom stereocenters. The summed E-state index contributed by atoms with van der Waals surface area (Å²) >= 11 is 4.29. The van der Waals surface area contributed by atoms with E-state index in [9.17, 15) is 0 Å². The molecule has 1 heterocycles. The van der Waals surface area contributed by atoms with E-state index in [1.54, 1.807) is 0 Å². The van der Waals surface area contributed by atoms with Crippen molar-refractivity contribution >= 4 is 40.4 Å². The molecule has 0 aliphatic carbocycles. The van der Waals surface area contributed by atoms with Crippen molar-refractivity contribution in [3.05, 3.63) is 23.1 Å². The molecule has 0 amide bonds. The maximum Gasteiger partial charge on any atom is 0.133 e. The van der Waals surface area contributed by atoms with Crippen LogP contribution in [-0.4, -0.2) is 15.3 Å². The Hall–Kier alpha value is 0.0300. The third-order valence-corrected chi connectivity index (χ3v) is 4.38. The lowest BCUT2D eigenvalue weighted by atomic mass is 10.0. The standard InChI is InChI=1S/C14H23IN2S/c1-13(2,3)10-18-8-7-12-16-9-11(17(12)6)14(4,5)15/h7-9H,10H2,1-6H3/b8-7+. The average molecular weight is 378 g/mol. The van der Waals surface area contributed by atoms with Gasteiger partial charge >= 0.3 is 0 Å². The lowest BCUT2D eigenvalue weighted by Crippen LogP contribution is -2.12. The third-order valence-electron chi connectivity index (χ3n) is 2.46. The highest BCUT2D eigenvalue weighted by molar-refractivity contribution is 14.1. The summed E-state index contributed by atoms with van der Waals surface area (Å²) in [5.74, 6) is 2.15. The molecule has 0 radical (unpaired) electrons. The maximum absolute atomic E-state index is 4.47. The maximum atomic E-state index is 4.47. The molecule has 0 N–H and O–H groups in total. The topological polar surface area (TPSA) is 17.8 Å². The second kappa shape index (κ2) is 5.99. The molecule has 0 spiro atoms. The van der Waals surface area contributed by atoms with Crippen molar-refractivity contribution in [3.8, 4) is 0 Å². The third kappa shape index (κ3) is 4.96. The molecular formula is C14H23IN2S. The van der Waals surface area contributed by atoms with E-state index in [2.05, 4.69) is 85.3 Å². The Kier molecular flexibility index (Phi) is 5.35. The minimum absolute atomic E-state index is 0.115. The van der Waals surface area contributed by atoms with Crippen LogP contribution in [0.3, 0.4) is 0 Å². The molecule has 0 saturated heterocycles. The van der Waals surface area contributed by atoms with Crippen LogP contribution in [-0.2, 0) is 10.5 Å². The van der Waals surface area contributed by atoms with Gasteiger partial charge in [-0.05, 0) is 30.7 Å². The van der Waals surface area contributed by atoms with E-state index < -0.39 is 0 Å². The van der Waals surface area contributed by atoms with Gasteiger partial charge in [0.05, 0.1) is 15.3 Å². The van der Waals surface area contributed by atoms with Crippen LogP contribution in [0.15, 0.2) is 11.6 Å². The molecule has 0 atom stereocenters. The largest absolute Gasteiger partial charge is 0.330 e. The SMILES string of the molecule is Cn1c(C(C)(C)I)cnc1/C=C/SCC(C)(C)C. The van der Waals surface area contributed by atoms with Crippen molar-refractivity contribution in [2.75, 3.05) is 5.75 Å². The van der Waals surface area contributed by atoms with Crippen LogP contribution in [0, 0.1) is 5.41 Å². The minimum Gasteiger partial charge on any atom is -0.330 e. The van der Waals surface area contributed by atoms with Crippen molar-refractivity contribution in [1.82, 2.24) is 9.55 Å². The van der Waals surface area contributed by atoms with Crippen LogP contribution < -0.4 is 0 Å². The Bertz CT molecular complexity index is 422. The first-order valence-electron chi connectivity index (χ1n) is 6.10. The van der Waals surface area contributed by atoms with Gasteiger partial charge in [-0.1, -0.05) is 43.4 Å². The fourth-order valence-electron chi connectivity index (χ4n) is 1.54. The summed E-state index contributed by atoms with van der Waals surface area (Å²) in [6.45, 7) is 11.2. The average Bonchev–Trinajstić information content (AvgIpc) is 2.53. The predicted octanol–water partition coefficient (Wildman–Crippen LogP) is 4.84. The molecule has 0 bridgehead atoms. The highest BCUT2D eigenvalue weighted by atomic mass is 127. The van der Waals surface area contributed by atoms with E-state index in [1.807, 2.05) is 18.0 Å². The molecule has 0 aliphatic heterocycles. The molecule has 4 heteroatoms. The van der Waals surface area contributed by atoms with Crippen LogP contribution in [0.25, 0.3) is 6.08 Å². The van der Waals surface area contributed by atoms with E-state index in [1.165, 1.54) is 5.69 Å². The Balaban J connectivity index is 2.70. The summed E-state index contributed by atoms with van der Waals surface area (Å²) in [6, 6.07) is 0. The lowest BCUT2D eigenvalue weighted by molar-refractivity contribution is 0.481. The van der Waals surface area contributed by atoms with Crippen LogP contribution in [0.2, 0.25) is 0 Å². The van der Waals surface area contributed by atoms with Gasteiger partial charge < -0.3 is 4.57 Å². The van der Waals surface area contributed by atoms with Crippen molar-refractivity contribution in [2.24, 2.45) is 12.5 Å². The summed E-state index contributed by atoms with van der Waals surface area (Å²) in [4.78, 5) is 4.47. The van der Waals surface area contributed by atoms with Gasteiger partial charge in [-0.25, -0.2) is 4.98 Å². The smallest absolute Gasteiger partial charge is 0.133 e. The Labute approximate surface area is 129 Å². The number of alkyl halides is 1. The van der Waals surface area contributed by atoms with Gasteiger partial charge in [-0.15, -0.1) is 11.8 Å². The summed E-state index contributed by atoms with van der Waals surface area (Å²) in [6.07, 6.45) is 4.07. The first-order valence-corrected chi connectivity index (χ1v) is 8.23. The van der Waals surface area contributed by atoms with Gasteiger partial charge in [-0.3, -0.25) is 0 Å². The second-order valence-corrected chi connectivity index (χ2v) is 9.80. The van der Waals surface area contributed by atoms with Crippen LogP contribution in [0.5, 0.6) is 0 Å². The molecule has 2 nitrogen and oxygen atoms in total. The zero-order chi connectivity index (χ0) is 14.0. The number of nitrogens with zero attached hydrogens (tertiary/aromatic N) is 2. The number of thioether (sulfide) groups is 1. The zero-order valence-corrected chi connectivity index (χ0v) is 15.1. The molecule has 1 rings (SSSR count). The van der Waals surface area contributed by atoms with Gasteiger partial charge in [0, 0.05) is 12.8 Å². The van der Waals surface area contributed by atoms with Crippen LogP contribution in [0.1, 0.15) is 46.1 Å². The van der Waals surface area contributed by atoms with Gasteiger partial charge in [0.25, 0.3) is 0 Å².